The maximum Gasteiger partial charge on any atom is 0.334 e. The zero-order valence-corrected chi connectivity index (χ0v) is 9.02. The van der Waals surface area contributed by atoms with Gasteiger partial charge in [0.25, 0.3) is 0 Å². The van der Waals surface area contributed by atoms with Gasteiger partial charge in [0, 0.05) is 5.57 Å². The number of hydrogen-bond donors (Lipinski definition) is 0. The summed E-state index contributed by atoms with van der Waals surface area (Å²) in [5.74, 6) is 0.765. The summed E-state index contributed by atoms with van der Waals surface area (Å²) < 4.78 is 4.63. The molecule has 0 unspecified atom stereocenters. The van der Waals surface area contributed by atoms with Crippen LogP contribution in [-0.2, 0) is 9.53 Å². The molecule has 0 N–H and O–H groups in total. The number of thioether (sulfide) groups is 1. The molecule has 0 saturated carbocycles. The van der Waals surface area contributed by atoms with Crippen LogP contribution in [0.25, 0.3) is 0 Å². The maximum absolute atomic E-state index is 11.1. The van der Waals surface area contributed by atoms with Crippen molar-refractivity contribution in [1.82, 2.24) is 0 Å². The fourth-order valence-corrected chi connectivity index (χ4v) is 1.49. The lowest BCUT2D eigenvalue weighted by Gasteiger charge is -2.01. The van der Waals surface area contributed by atoms with Crippen molar-refractivity contribution >= 4 is 17.7 Å². The van der Waals surface area contributed by atoms with Crippen molar-refractivity contribution in [3.63, 3.8) is 0 Å². The number of esters is 1. The zero-order valence-electron chi connectivity index (χ0n) is 8.21. The molecule has 0 saturated heterocycles. The van der Waals surface area contributed by atoms with E-state index in [1.165, 1.54) is 7.11 Å². The Morgan fingerprint density at radius 2 is 2.31 bits per heavy atom. The van der Waals surface area contributed by atoms with E-state index in [2.05, 4.69) is 18.2 Å². The van der Waals surface area contributed by atoms with E-state index in [1.807, 2.05) is 5.41 Å². The summed E-state index contributed by atoms with van der Waals surface area (Å²) in [5.41, 5.74) is 0.677. The molecule has 2 nitrogen and oxygen atoms in total. The van der Waals surface area contributed by atoms with Gasteiger partial charge in [-0.2, -0.15) is 0 Å². The molecule has 0 aliphatic carbocycles. The Hall–Kier alpha value is -0.700. The molecular formula is C10H16O2S. The van der Waals surface area contributed by atoms with E-state index >= 15 is 0 Å². The molecule has 0 atom stereocenters. The molecule has 0 aliphatic rings. The van der Waals surface area contributed by atoms with Gasteiger partial charge < -0.3 is 4.74 Å². The van der Waals surface area contributed by atoms with Crippen LogP contribution < -0.4 is 0 Å². The van der Waals surface area contributed by atoms with E-state index in [0.29, 0.717) is 12.0 Å². The summed E-state index contributed by atoms with van der Waals surface area (Å²) >= 11 is 1.63. The number of carbonyl (C=O) groups is 1. The molecule has 13 heavy (non-hydrogen) atoms. The highest BCUT2D eigenvalue weighted by Gasteiger charge is 2.06. The standard InChI is InChI=1S/C10H16O2S/c1-4-6-9(10(11)12-3)8-13-7-5-2/h4,8H,1,5-7H2,2-3H3/b9-8-. The Bertz CT molecular complexity index is 197. The van der Waals surface area contributed by atoms with Gasteiger partial charge >= 0.3 is 5.97 Å². The van der Waals surface area contributed by atoms with Gasteiger partial charge in [0.1, 0.15) is 0 Å². The van der Waals surface area contributed by atoms with Gasteiger partial charge in [-0.15, -0.1) is 18.3 Å². The fraction of sp³-hybridized carbons (Fsp3) is 0.500. The third-order valence-corrected chi connectivity index (χ3v) is 2.45. The number of rotatable bonds is 6. The normalized spacial score (nSPS) is 11.1. The highest BCUT2D eigenvalue weighted by atomic mass is 32.2. The highest BCUT2D eigenvalue weighted by molar-refractivity contribution is 8.02. The second kappa shape index (κ2) is 7.92. The van der Waals surface area contributed by atoms with Crippen LogP contribution in [0.1, 0.15) is 19.8 Å². The van der Waals surface area contributed by atoms with Crippen molar-refractivity contribution < 1.29 is 9.53 Å². The molecular weight excluding hydrogens is 184 g/mol. The van der Waals surface area contributed by atoms with Crippen LogP contribution in [0.5, 0.6) is 0 Å². The molecule has 0 fully saturated rings. The average molecular weight is 200 g/mol. The van der Waals surface area contributed by atoms with Crippen molar-refractivity contribution in [3.05, 3.63) is 23.6 Å². The number of ether oxygens (including phenoxy) is 1. The SMILES string of the molecule is C=CC/C(=C/SCCC)C(=O)OC. The molecule has 0 aliphatic heterocycles. The monoisotopic (exact) mass is 200 g/mol. The van der Waals surface area contributed by atoms with E-state index < -0.39 is 0 Å². The first-order chi connectivity index (χ1) is 6.26. The Labute approximate surface area is 84.0 Å². The van der Waals surface area contributed by atoms with Crippen molar-refractivity contribution in [2.24, 2.45) is 0 Å². The molecule has 0 heterocycles. The van der Waals surface area contributed by atoms with Gasteiger partial charge in [-0.25, -0.2) is 4.79 Å². The lowest BCUT2D eigenvalue weighted by Crippen LogP contribution is -2.03. The molecule has 0 spiro atoms. The van der Waals surface area contributed by atoms with Gasteiger partial charge in [-0.05, 0) is 24.0 Å². The van der Waals surface area contributed by atoms with Crippen LogP contribution in [-0.4, -0.2) is 18.8 Å². The molecule has 0 radical (unpaired) electrons. The van der Waals surface area contributed by atoms with Crippen LogP contribution in [0.15, 0.2) is 23.6 Å². The van der Waals surface area contributed by atoms with Gasteiger partial charge in [-0.1, -0.05) is 13.0 Å². The topological polar surface area (TPSA) is 26.3 Å². The van der Waals surface area contributed by atoms with Gasteiger partial charge in [0.15, 0.2) is 0 Å². The summed E-state index contributed by atoms with van der Waals surface area (Å²) in [6.45, 7) is 5.69. The Morgan fingerprint density at radius 3 is 2.77 bits per heavy atom. The number of methoxy groups -OCH3 is 1. The Balaban J connectivity index is 4.13. The predicted octanol–water partition coefficient (Wildman–Crippen LogP) is 2.76. The van der Waals surface area contributed by atoms with Gasteiger partial charge in [0.05, 0.1) is 7.11 Å². The van der Waals surface area contributed by atoms with Gasteiger partial charge in [0.2, 0.25) is 0 Å². The fourth-order valence-electron chi connectivity index (χ4n) is 0.744. The van der Waals surface area contributed by atoms with Crippen molar-refractivity contribution in [1.29, 1.82) is 0 Å². The van der Waals surface area contributed by atoms with Crippen molar-refractivity contribution in [3.8, 4) is 0 Å². The molecule has 3 heteroatoms. The number of carbonyl (C=O) groups excluding carboxylic acids is 1. The molecule has 0 aromatic rings. The molecule has 0 aromatic heterocycles. The minimum Gasteiger partial charge on any atom is -0.466 e. The smallest absolute Gasteiger partial charge is 0.334 e. The first-order valence-electron chi connectivity index (χ1n) is 4.26. The van der Waals surface area contributed by atoms with Crippen molar-refractivity contribution in [2.75, 3.05) is 12.9 Å². The van der Waals surface area contributed by atoms with E-state index in [4.69, 9.17) is 0 Å². The van der Waals surface area contributed by atoms with Crippen LogP contribution in [0.3, 0.4) is 0 Å². The summed E-state index contributed by atoms with van der Waals surface area (Å²) in [7, 11) is 1.39. The van der Waals surface area contributed by atoms with Crippen LogP contribution >= 0.6 is 11.8 Å². The maximum atomic E-state index is 11.1. The summed E-state index contributed by atoms with van der Waals surface area (Å²) in [5, 5.41) is 1.86. The third kappa shape index (κ3) is 5.53. The second-order valence-electron chi connectivity index (χ2n) is 2.50. The quantitative estimate of drug-likeness (QED) is 0.285. The lowest BCUT2D eigenvalue weighted by atomic mass is 10.2. The van der Waals surface area contributed by atoms with E-state index in [-0.39, 0.29) is 5.97 Å². The summed E-state index contributed by atoms with van der Waals surface area (Å²) in [6.07, 6.45) is 3.38. The largest absolute Gasteiger partial charge is 0.466 e. The van der Waals surface area contributed by atoms with Crippen LogP contribution in [0, 0.1) is 0 Å². The predicted molar refractivity (Wildman–Crippen MR) is 57.7 cm³/mol. The van der Waals surface area contributed by atoms with Gasteiger partial charge in [-0.3, -0.25) is 0 Å². The highest BCUT2D eigenvalue weighted by Crippen LogP contribution is 2.13. The second-order valence-corrected chi connectivity index (χ2v) is 3.48. The number of hydrogen-bond acceptors (Lipinski definition) is 3. The molecule has 0 rings (SSSR count). The van der Waals surface area contributed by atoms with Crippen LogP contribution in [0.4, 0.5) is 0 Å². The first kappa shape index (κ1) is 12.3. The van der Waals surface area contributed by atoms with E-state index in [1.54, 1.807) is 17.8 Å². The number of allylic oxidation sites excluding steroid dienone is 1. The van der Waals surface area contributed by atoms with E-state index in [9.17, 15) is 4.79 Å². The van der Waals surface area contributed by atoms with E-state index in [0.717, 1.165) is 12.2 Å². The van der Waals surface area contributed by atoms with Crippen molar-refractivity contribution in [2.45, 2.75) is 19.8 Å². The molecule has 0 amide bonds. The zero-order chi connectivity index (χ0) is 10.1. The minimum atomic E-state index is -0.261. The Morgan fingerprint density at radius 1 is 1.62 bits per heavy atom. The average Bonchev–Trinajstić information content (AvgIpc) is 2.16. The third-order valence-electron chi connectivity index (χ3n) is 1.36. The first-order valence-corrected chi connectivity index (χ1v) is 5.31. The molecule has 0 aromatic carbocycles. The minimum absolute atomic E-state index is 0.261. The molecule has 0 bridgehead atoms. The summed E-state index contributed by atoms with van der Waals surface area (Å²) in [6, 6.07) is 0. The van der Waals surface area contributed by atoms with Crippen LogP contribution in [0.2, 0.25) is 0 Å². The molecule has 74 valence electrons. The lowest BCUT2D eigenvalue weighted by molar-refractivity contribution is -0.136. The summed E-state index contributed by atoms with van der Waals surface area (Å²) in [4.78, 5) is 11.1. The Kier molecular flexibility index (Phi) is 7.50.